The highest BCUT2D eigenvalue weighted by molar-refractivity contribution is 5.82. The molecule has 0 aliphatic carbocycles. The Labute approximate surface area is 112 Å². The van der Waals surface area contributed by atoms with Gasteiger partial charge in [-0.2, -0.15) is 0 Å². The van der Waals surface area contributed by atoms with Crippen molar-refractivity contribution in [3.05, 3.63) is 71.5 Å². The van der Waals surface area contributed by atoms with Crippen molar-refractivity contribution in [1.29, 1.82) is 0 Å². The van der Waals surface area contributed by atoms with Crippen LogP contribution in [0.3, 0.4) is 0 Å². The quantitative estimate of drug-likeness (QED) is 0.770. The van der Waals surface area contributed by atoms with Gasteiger partial charge < -0.3 is 10.2 Å². The molecule has 0 unspecified atom stereocenters. The van der Waals surface area contributed by atoms with Gasteiger partial charge in [0.15, 0.2) is 0 Å². The van der Waals surface area contributed by atoms with Gasteiger partial charge in [-0.1, -0.05) is 48.5 Å². The molecule has 3 aromatic rings. The van der Waals surface area contributed by atoms with Crippen molar-refractivity contribution >= 4 is 11.0 Å². The fraction of sp³-hybridized carbons (Fsp3) is 0.176. The zero-order valence-corrected chi connectivity index (χ0v) is 10.8. The summed E-state index contributed by atoms with van der Waals surface area (Å²) in [5.74, 6) is 1.04. The molecule has 3 rings (SSSR count). The second kappa shape index (κ2) is 5.29. The van der Waals surface area contributed by atoms with E-state index < -0.39 is 0 Å². The Hall–Kier alpha value is -2.06. The van der Waals surface area contributed by atoms with Crippen LogP contribution in [0, 0.1) is 0 Å². The topological polar surface area (TPSA) is 39.2 Å². The van der Waals surface area contributed by atoms with E-state index in [0.717, 1.165) is 24.2 Å². The zero-order valence-electron chi connectivity index (χ0n) is 10.8. The van der Waals surface area contributed by atoms with Gasteiger partial charge in [-0.05, 0) is 24.6 Å². The summed E-state index contributed by atoms with van der Waals surface area (Å²) in [5.41, 5.74) is 9.20. The number of hydrogen-bond donors (Lipinski definition) is 1. The fourth-order valence-electron chi connectivity index (χ4n) is 2.49. The zero-order chi connectivity index (χ0) is 13.1. The largest absolute Gasteiger partial charge is 0.460 e. The van der Waals surface area contributed by atoms with Crippen LogP contribution in [0.4, 0.5) is 0 Å². The van der Waals surface area contributed by atoms with Crippen molar-refractivity contribution in [2.24, 2.45) is 5.73 Å². The second-order valence-electron chi connectivity index (χ2n) is 4.70. The smallest absolute Gasteiger partial charge is 0.134 e. The molecule has 2 aromatic carbocycles. The third-order valence-corrected chi connectivity index (χ3v) is 3.38. The van der Waals surface area contributed by atoms with E-state index in [1.807, 2.05) is 24.3 Å². The van der Waals surface area contributed by atoms with E-state index >= 15 is 0 Å². The SMILES string of the molecule is NCCc1c(Cc2ccccc2)oc2ccccc12. The van der Waals surface area contributed by atoms with Crippen LogP contribution >= 0.6 is 0 Å². The molecule has 1 heterocycles. The predicted octanol–water partition coefficient (Wildman–Crippen LogP) is 3.52. The van der Waals surface area contributed by atoms with Gasteiger partial charge in [-0.3, -0.25) is 0 Å². The molecular formula is C17H17NO. The number of nitrogens with two attached hydrogens (primary N) is 1. The first-order valence-electron chi connectivity index (χ1n) is 6.62. The van der Waals surface area contributed by atoms with Crippen molar-refractivity contribution in [3.8, 4) is 0 Å². The summed E-state index contributed by atoms with van der Waals surface area (Å²) in [6.45, 7) is 0.644. The summed E-state index contributed by atoms with van der Waals surface area (Å²) >= 11 is 0. The lowest BCUT2D eigenvalue weighted by Gasteiger charge is -2.02. The molecule has 0 saturated carbocycles. The molecule has 0 radical (unpaired) electrons. The highest BCUT2D eigenvalue weighted by Gasteiger charge is 2.13. The molecule has 0 aliphatic heterocycles. The van der Waals surface area contributed by atoms with Gasteiger partial charge in [0, 0.05) is 17.4 Å². The van der Waals surface area contributed by atoms with E-state index in [2.05, 4.69) is 30.3 Å². The van der Waals surface area contributed by atoms with Gasteiger partial charge in [-0.15, -0.1) is 0 Å². The standard InChI is InChI=1S/C17H17NO/c18-11-10-15-14-8-4-5-9-16(14)19-17(15)12-13-6-2-1-3-7-13/h1-9H,10-12,18H2. The van der Waals surface area contributed by atoms with Crippen LogP contribution in [-0.2, 0) is 12.8 Å². The first-order chi connectivity index (χ1) is 9.38. The van der Waals surface area contributed by atoms with Crippen LogP contribution in [0.1, 0.15) is 16.9 Å². The fourth-order valence-corrected chi connectivity index (χ4v) is 2.49. The van der Waals surface area contributed by atoms with Crippen LogP contribution < -0.4 is 5.73 Å². The number of hydrogen-bond acceptors (Lipinski definition) is 2. The van der Waals surface area contributed by atoms with Gasteiger partial charge >= 0.3 is 0 Å². The molecule has 0 atom stereocenters. The van der Waals surface area contributed by atoms with E-state index in [-0.39, 0.29) is 0 Å². The van der Waals surface area contributed by atoms with Gasteiger partial charge in [-0.25, -0.2) is 0 Å². The minimum absolute atomic E-state index is 0.644. The number of para-hydroxylation sites is 1. The summed E-state index contributed by atoms with van der Waals surface area (Å²) in [4.78, 5) is 0. The third-order valence-electron chi connectivity index (χ3n) is 3.38. The maximum absolute atomic E-state index is 6.00. The lowest BCUT2D eigenvalue weighted by atomic mass is 10.0. The molecule has 0 amide bonds. The summed E-state index contributed by atoms with van der Waals surface area (Å²) < 4.78 is 6.00. The highest BCUT2D eigenvalue weighted by Crippen LogP contribution is 2.27. The normalized spacial score (nSPS) is 11.0. The molecule has 0 bridgehead atoms. The predicted molar refractivity (Wildman–Crippen MR) is 78.2 cm³/mol. The summed E-state index contributed by atoms with van der Waals surface area (Å²) in [7, 11) is 0. The molecule has 19 heavy (non-hydrogen) atoms. The average molecular weight is 251 g/mol. The minimum Gasteiger partial charge on any atom is -0.460 e. The summed E-state index contributed by atoms with van der Waals surface area (Å²) in [6, 6.07) is 18.6. The summed E-state index contributed by atoms with van der Waals surface area (Å²) in [5, 5.41) is 1.19. The number of furan rings is 1. The monoisotopic (exact) mass is 251 g/mol. The maximum atomic E-state index is 6.00. The molecular weight excluding hydrogens is 234 g/mol. The first kappa shape index (κ1) is 12.0. The number of fused-ring (bicyclic) bond motifs is 1. The molecule has 2 heteroatoms. The van der Waals surface area contributed by atoms with Gasteiger partial charge in [0.25, 0.3) is 0 Å². The van der Waals surface area contributed by atoms with Crippen molar-refractivity contribution in [2.75, 3.05) is 6.54 Å². The van der Waals surface area contributed by atoms with Crippen LogP contribution in [0.2, 0.25) is 0 Å². The first-order valence-corrected chi connectivity index (χ1v) is 6.62. The van der Waals surface area contributed by atoms with Gasteiger partial charge in [0.1, 0.15) is 11.3 Å². The van der Waals surface area contributed by atoms with Crippen LogP contribution in [0.15, 0.2) is 59.0 Å². The molecule has 0 fully saturated rings. The van der Waals surface area contributed by atoms with Crippen molar-refractivity contribution in [2.45, 2.75) is 12.8 Å². The molecule has 2 nitrogen and oxygen atoms in total. The van der Waals surface area contributed by atoms with E-state index in [0.29, 0.717) is 6.54 Å². The molecule has 0 aliphatic rings. The molecule has 0 saturated heterocycles. The molecule has 2 N–H and O–H groups in total. The Morgan fingerprint density at radius 2 is 1.63 bits per heavy atom. The van der Waals surface area contributed by atoms with Crippen molar-refractivity contribution in [3.63, 3.8) is 0 Å². The van der Waals surface area contributed by atoms with E-state index in [4.69, 9.17) is 10.2 Å². The van der Waals surface area contributed by atoms with Crippen molar-refractivity contribution < 1.29 is 4.42 Å². The van der Waals surface area contributed by atoms with Crippen LogP contribution in [0.25, 0.3) is 11.0 Å². The van der Waals surface area contributed by atoms with Crippen molar-refractivity contribution in [1.82, 2.24) is 0 Å². The average Bonchev–Trinajstić information content (AvgIpc) is 2.79. The third kappa shape index (κ3) is 2.40. The lowest BCUT2D eigenvalue weighted by Crippen LogP contribution is -2.04. The number of benzene rings is 2. The Bertz CT molecular complexity index is 670. The lowest BCUT2D eigenvalue weighted by molar-refractivity contribution is 0.556. The minimum atomic E-state index is 0.644. The molecule has 0 spiro atoms. The highest BCUT2D eigenvalue weighted by atomic mass is 16.3. The Kier molecular flexibility index (Phi) is 3.34. The number of rotatable bonds is 4. The second-order valence-corrected chi connectivity index (χ2v) is 4.70. The van der Waals surface area contributed by atoms with Crippen LogP contribution in [0.5, 0.6) is 0 Å². The molecule has 1 aromatic heterocycles. The maximum Gasteiger partial charge on any atom is 0.134 e. The molecule has 96 valence electrons. The van der Waals surface area contributed by atoms with E-state index in [1.165, 1.54) is 16.5 Å². The summed E-state index contributed by atoms with van der Waals surface area (Å²) in [6.07, 6.45) is 1.68. The Morgan fingerprint density at radius 1 is 0.895 bits per heavy atom. The van der Waals surface area contributed by atoms with E-state index in [9.17, 15) is 0 Å². The Morgan fingerprint density at radius 3 is 2.42 bits per heavy atom. The van der Waals surface area contributed by atoms with Gasteiger partial charge in [0.05, 0.1) is 0 Å². The Balaban J connectivity index is 2.04. The van der Waals surface area contributed by atoms with Crippen LogP contribution in [-0.4, -0.2) is 6.54 Å². The van der Waals surface area contributed by atoms with E-state index in [1.54, 1.807) is 0 Å². The van der Waals surface area contributed by atoms with Gasteiger partial charge in [0.2, 0.25) is 0 Å².